The van der Waals surface area contributed by atoms with Crippen molar-refractivity contribution in [2.24, 2.45) is 43.3 Å². The Kier molecular flexibility index (Phi) is 5.03. The third-order valence-corrected chi connectivity index (χ3v) is 1.97. The Morgan fingerprint density at radius 3 is 1.84 bits per heavy atom. The van der Waals surface area contributed by atoms with Gasteiger partial charge in [0.1, 0.15) is 5.71 Å². The van der Waals surface area contributed by atoms with Gasteiger partial charge in [0.15, 0.2) is 0 Å². The summed E-state index contributed by atoms with van der Waals surface area (Å²) in [6, 6.07) is 9.28. The van der Waals surface area contributed by atoms with Gasteiger partial charge < -0.3 is 22.9 Å². The van der Waals surface area contributed by atoms with Gasteiger partial charge in [0.25, 0.3) is 0 Å². The molecule has 0 aliphatic heterocycles. The van der Waals surface area contributed by atoms with Crippen LogP contribution in [0.25, 0.3) is 0 Å². The molecule has 0 fully saturated rings. The molecule has 19 heavy (non-hydrogen) atoms. The number of hydrogen-bond acceptors (Lipinski definition) is 4. The maximum Gasteiger partial charge on any atom is 0.211 e. The Bertz CT molecular complexity index is 533. The Hall–Kier alpha value is -2.90. The van der Waals surface area contributed by atoms with Crippen LogP contribution in [0.1, 0.15) is 12.5 Å². The molecule has 0 atom stereocenters. The fourth-order valence-electron chi connectivity index (χ4n) is 1.22. The zero-order valence-electron chi connectivity index (χ0n) is 10.5. The van der Waals surface area contributed by atoms with Gasteiger partial charge in [-0.2, -0.15) is 0 Å². The van der Waals surface area contributed by atoms with Crippen LogP contribution < -0.4 is 22.9 Å². The van der Waals surface area contributed by atoms with Crippen molar-refractivity contribution < 1.29 is 0 Å². The first-order chi connectivity index (χ1) is 9.00. The summed E-state index contributed by atoms with van der Waals surface area (Å²) in [6.45, 7) is 1.69. The minimum absolute atomic E-state index is 0.145. The average molecular weight is 260 g/mol. The zero-order valence-corrected chi connectivity index (χ0v) is 10.5. The predicted molar refractivity (Wildman–Crippen MR) is 77.7 cm³/mol. The molecule has 0 unspecified atom stereocenters. The first-order valence-corrected chi connectivity index (χ1v) is 5.36. The second kappa shape index (κ2) is 6.74. The number of benzene rings is 1. The van der Waals surface area contributed by atoms with Gasteiger partial charge in [-0.3, -0.25) is 0 Å². The maximum atomic E-state index is 5.25. The molecule has 0 heterocycles. The van der Waals surface area contributed by atoms with Crippen LogP contribution in [0.15, 0.2) is 50.7 Å². The minimum Gasteiger partial charge on any atom is -0.369 e. The van der Waals surface area contributed by atoms with Crippen molar-refractivity contribution in [3.05, 3.63) is 35.9 Å². The van der Waals surface area contributed by atoms with Crippen LogP contribution in [-0.2, 0) is 0 Å². The molecule has 100 valence electrons. The zero-order chi connectivity index (χ0) is 14.3. The highest BCUT2D eigenvalue weighted by atomic mass is 15.3. The lowest BCUT2D eigenvalue weighted by Crippen LogP contribution is -2.23. The summed E-state index contributed by atoms with van der Waals surface area (Å²) in [5.74, 6) is -0.295. The molecule has 0 amide bonds. The van der Waals surface area contributed by atoms with E-state index < -0.39 is 0 Å². The summed E-state index contributed by atoms with van der Waals surface area (Å²) in [6.07, 6.45) is 0. The standard InChI is InChI=1S/C11H16N8/c1-7(16-18-10(12)13)9(17-19-11(14)15)8-5-3-2-4-6-8/h2-6H,1H3,(H4,12,13,18)(H4,14,15,19)/b16-7+,17-9+. The number of rotatable bonds is 4. The monoisotopic (exact) mass is 260 g/mol. The topological polar surface area (TPSA) is 154 Å². The number of guanidine groups is 2. The van der Waals surface area contributed by atoms with Gasteiger partial charge in [0, 0.05) is 5.56 Å². The Morgan fingerprint density at radius 1 is 0.789 bits per heavy atom. The van der Waals surface area contributed by atoms with Crippen LogP contribution in [0.5, 0.6) is 0 Å². The van der Waals surface area contributed by atoms with Crippen LogP contribution in [-0.4, -0.2) is 23.3 Å². The van der Waals surface area contributed by atoms with Crippen LogP contribution in [0, 0.1) is 0 Å². The minimum atomic E-state index is -0.150. The van der Waals surface area contributed by atoms with E-state index in [1.165, 1.54) is 0 Å². The molecule has 0 saturated carbocycles. The van der Waals surface area contributed by atoms with Crippen molar-refractivity contribution in [3.63, 3.8) is 0 Å². The van der Waals surface area contributed by atoms with Gasteiger partial charge in [0.2, 0.25) is 11.9 Å². The van der Waals surface area contributed by atoms with E-state index >= 15 is 0 Å². The van der Waals surface area contributed by atoms with Gasteiger partial charge in [-0.25, -0.2) is 0 Å². The van der Waals surface area contributed by atoms with Gasteiger partial charge in [-0.05, 0) is 6.92 Å². The second-order valence-electron chi connectivity index (χ2n) is 3.55. The molecule has 0 aromatic heterocycles. The van der Waals surface area contributed by atoms with Crippen molar-refractivity contribution >= 4 is 23.3 Å². The highest BCUT2D eigenvalue weighted by Crippen LogP contribution is 2.04. The Morgan fingerprint density at radius 2 is 1.32 bits per heavy atom. The molecule has 0 aliphatic rings. The van der Waals surface area contributed by atoms with Crippen molar-refractivity contribution in [3.8, 4) is 0 Å². The fourth-order valence-corrected chi connectivity index (χ4v) is 1.22. The van der Waals surface area contributed by atoms with Gasteiger partial charge >= 0.3 is 0 Å². The van der Waals surface area contributed by atoms with E-state index in [0.29, 0.717) is 11.4 Å². The van der Waals surface area contributed by atoms with Crippen molar-refractivity contribution in [2.75, 3.05) is 0 Å². The SMILES string of the molecule is CC(=N\N=C(N)N)/C(=N\N=C(N)N)c1ccccc1. The molecule has 0 aliphatic carbocycles. The fraction of sp³-hybridized carbons (Fsp3) is 0.0909. The average Bonchev–Trinajstić information content (AvgIpc) is 2.37. The molecule has 1 rings (SSSR count). The van der Waals surface area contributed by atoms with Crippen LogP contribution in [0.4, 0.5) is 0 Å². The summed E-state index contributed by atoms with van der Waals surface area (Å²) in [4.78, 5) is 0. The van der Waals surface area contributed by atoms with E-state index in [-0.39, 0.29) is 11.9 Å². The van der Waals surface area contributed by atoms with E-state index in [4.69, 9.17) is 22.9 Å². The van der Waals surface area contributed by atoms with Crippen LogP contribution in [0.3, 0.4) is 0 Å². The van der Waals surface area contributed by atoms with Crippen molar-refractivity contribution in [1.82, 2.24) is 0 Å². The first kappa shape index (κ1) is 14.2. The molecule has 0 saturated heterocycles. The Labute approximate surface area is 110 Å². The van der Waals surface area contributed by atoms with Crippen LogP contribution >= 0.6 is 0 Å². The summed E-state index contributed by atoms with van der Waals surface area (Å²) >= 11 is 0. The van der Waals surface area contributed by atoms with E-state index in [1.807, 2.05) is 30.3 Å². The van der Waals surface area contributed by atoms with Crippen molar-refractivity contribution in [2.45, 2.75) is 6.92 Å². The van der Waals surface area contributed by atoms with Gasteiger partial charge in [0.05, 0.1) is 5.71 Å². The predicted octanol–water partition coefficient (Wildman–Crippen LogP) is -0.687. The quantitative estimate of drug-likeness (QED) is 0.321. The molecule has 0 spiro atoms. The van der Waals surface area contributed by atoms with E-state index in [9.17, 15) is 0 Å². The van der Waals surface area contributed by atoms with Crippen molar-refractivity contribution in [1.29, 1.82) is 0 Å². The lowest BCUT2D eigenvalue weighted by atomic mass is 10.1. The molecule has 8 N–H and O–H groups in total. The highest BCUT2D eigenvalue weighted by Gasteiger charge is 2.07. The molecular formula is C11H16N8. The molecule has 1 aromatic rings. The molecule has 0 radical (unpaired) electrons. The van der Waals surface area contributed by atoms with Crippen LogP contribution in [0.2, 0.25) is 0 Å². The lowest BCUT2D eigenvalue weighted by molar-refractivity contribution is 1.18. The summed E-state index contributed by atoms with van der Waals surface area (Å²) in [7, 11) is 0. The summed E-state index contributed by atoms with van der Waals surface area (Å²) in [5.41, 5.74) is 22.7. The third-order valence-electron chi connectivity index (χ3n) is 1.97. The normalized spacial score (nSPS) is 11.8. The van der Waals surface area contributed by atoms with Gasteiger partial charge in [-0.15, -0.1) is 20.4 Å². The molecule has 1 aromatic carbocycles. The molecule has 8 heteroatoms. The lowest BCUT2D eigenvalue weighted by Gasteiger charge is -2.03. The largest absolute Gasteiger partial charge is 0.369 e. The number of hydrogen-bond donors (Lipinski definition) is 4. The van der Waals surface area contributed by atoms with Gasteiger partial charge in [-0.1, -0.05) is 30.3 Å². The molecule has 8 nitrogen and oxygen atoms in total. The van der Waals surface area contributed by atoms with E-state index in [0.717, 1.165) is 5.56 Å². The molecular weight excluding hydrogens is 244 g/mol. The maximum absolute atomic E-state index is 5.25. The number of nitrogens with zero attached hydrogens (tertiary/aromatic N) is 4. The molecule has 0 bridgehead atoms. The third kappa shape index (κ3) is 4.86. The van der Waals surface area contributed by atoms with E-state index in [2.05, 4.69) is 20.4 Å². The summed E-state index contributed by atoms with van der Waals surface area (Å²) in [5, 5.41) is 15.0. The first-order valence-electron chi connectivity index (χ1n) is 5.36. The second-order valence-corrected chi connectivity index (χ2v) is 3.55. The highest BCUT2D eigenvalue weighted by molar-refractivity contribution is 6.47. The number of nitrogens with two attached hydrogens (primary N) is 4. The van der Waals surface area contributed by atoms with E-state index in [1.54, 1.807) is 6.92 Å². The summed E-state index contributed by atoms with van der Waals surface area (Å²) < 4.78 is 0. The smallest absolute Gasteiger partial charge is 0.211 e. The Balaban J connectivity index is 3.22.